The van der Waals surface area contributed by atoms with Crippen molar-refractivity contribution in [2.45, 2.75) is 38.6 Å². The van der Waals surface area contributed by atoms with E-state index in [9.17, 15) is 14.0 Å². The first kappa shape index (κ1) is 22.9. The van der Waals surface area contributed by atoms with E-state index in [2.05, 4.69) is 15.6 Å². The van der Waals surface area contributed by atoms with E-state index < -0.39 is 0 Å². The van der Waals surface area contributed by atoms with E-state index >= 15 is 0 Å². The Morgan fingerprint density at radius 2 is 1.79 bits per heavy atom. The summed E-state index contributed by atoms with van der Waals surface area (Å²) in [5.41, 5.74) is 2.71. The molecule has 0 spiro atoms. The molecule has 0 radical (unpaired) electrons. The van der Waals surface area contributed by atoms with Crippen LogP contribution < -0.4 is 15.4 Å². The van der Waals surface area contributed by atoms with Gasteiger partial charge < -0.3 is 15.4 Å². The molecule has 1 aromatic heterocycles. The second-order valence-electron chi connectivity index (χ2n) is 8.11. The Morgan fingerprint density at radius 1 is 1.09 bits per heavy atom. The lowest BCUT2D eigenvalue weighted by Gasteiger charge is -2.08. The number of aromatic nitrogens is 1. The SMILES string of the molecule is Cc1nc(Cc2ccc(F)cc2)sc1C(=O)NCCc1ccc(OCC(=O)NC2CC2)cc1. The van der Waals surface area contributed by atoms with Crippen molar-refractivity contribution in [1.82, 2.24) is 15.6 Å². The third-order valence-corrected chi connectivity index (χ3v) is 6.41. The van der Waals surface area contributed by atoms with Crippen molar-refractivity contribution in [2.24, 2.45) is 0 Å². The number of rotatable bonds is 10. The highest BCUT2D eigenvalue weighted by Gasteiger charge is 2.23. The van der Waals surface area contributed by atoms with Crippen LogP contribution in [0.3, 0.4) is 0 Å². The van der Waals surface area contributed by atoms with Crippen LogP contribution in [0.25, 0.3) is 0 Å². The molecule has 1 saturated carbocycles. The van der Waals surface area contributed by atoms with Crippen LogP contribution in [0.2, 0.25) is 0 Å². The summed E-state index contributed by atoms with van der Waals surface area (Å²) >= 11 is 1.36. The second kappa shape index (κ2) is 10.6. The van der Waals surface area contributed by atoms with E-state index in [0.717, 1.165) is 29.0 Å². The summed E-state index contributed by atoms with van der Waals surface area (Å²) in [5, 5.41) is 6.66. The molecular weight excluding hydrogens is 441 g/mol. The summed E-state index contributed by atoms with van der Waals surface area (Å²) in [4.78, 5) is 29.4. The molecule has 2 N–H and O–H groups in total. The first-order chi connectivity index (χ1) is 16.0. The molecule has 0 bridgehead atoms. The minimum Gasteiger partial charge on any atom is -0.484 e. The van der Waals surface area contributed by atoms with Crippen LogP contribution in [-0.2, 0) is 17.6 Å². The summed E-state index contributed by atoms with van der Waals surface area (Å²) in [5.74, 6) is 0.135. The molecule has 4 rings (SSSR count). The van der Waals surface area contributed by atoms with Crippen molar-refractivity contribution in [3.05, 3.63) is 81.1 Å². The number of hydrogen-bond donors (Lipinski definition) is 2. The van der Waals surface area contributed by atoms with Gasteiger partial charge in [0.2, 0.25) is 0 Å². The molecule has 1 aliphatic rings. The van der Waals surface area contributed by atoms with Gasteiger partial charge in [-0.3, -0.25) is 9.59 Å². The zero-order chi connectivity index (χ0) is 23.2. The molecular formula is C25H26FN3O3S. The maximum Gasteiger partial charge on any atom is 0.263 e. The molecule has 8 heteroatoms. The highest BCUT2D eigenvalue weighted by Crippen LogP contribution is 2.21. The number of benzene rings is 2. The maximum absolute atomic E-state index is 13.1. The van der Waals surface area contributed by atoms with Gasteiger partial charge in [0.1, 0.15) is 16.4 Å². The predicted molar refractivity (Wildman–Crippen MR) is 125 cm³/mol. The van der Waals surface area contributed by atoms with Gasteiger partial charge in [0.15, 0.2) is 6.61 Å². The number of nitrogens with zero attached hydrogens (tertiary/aromatic N) is 1. The lowest BCUT2D eigenvalue weighted by molar-refractivity contribution is -0.123. The highest BCUT2D eigenvalue weighted by molar-refractivity contribution is 7.13. The van der Waals surface area contributed by atoms with Gasteiger partial charge in [0.25, 0.3) is 11.8 Å². The van der Waals surface area contributed by atoms with Crippen LogP contribution in [0, 0.1) is 12.7 Å². The summed E-state index contributed by atoms with van der Waals surface area (Å²) < 4.78 is 18.6. The van der Waals surface area contributed by atoms with E-state index in [1.54, 1.807) is 12.1 Å². The van der Waals surface area contributed by atoms with Crippen molar-refractivity contribution < 1.29 is 18.7 Å². The van der Waals surface area contributed by atoms with E-state index in [0.29, 0.717) is 41.7 Å². The number of thiazole rings is 1. The highest BCUT2D eigenvalue weighted by atomic mass is 32.1. The van der Waals surface area contributed by atoms with Crippen molar-refractivity contribution >= 4 is 23.2 Å². The molecule has 6 nitrogen and oxygen atoms in total. The zero-order valence-electron chi connectivity index (χ0n) is 18.4. The topological polar surface area (TPSA) is 80.3 Å². The summed E-state index contributed by atoms with van der Waals surface area (Å²) in [7, 11) is 0. The molecule has 33 heavy (non-hydrogen) atoms. The van der Waals surface area contributed by atoms with Crippen molar-refractivity contribution in [2.75, 3.05) is 13.2 Å². The molecule has 1 aliphatic carbocycles. The molecule has 0 aliphatic heterocycles. The fourth-order valence-electron chi connectivity index (χ4n) is 3.31. The number of carbonyl (C=O) groups is 2. The Labute approximate surface area is 196 Å². The van der Waals surface area contributed by atoms with Gasteiger partial charge in [0, 0.05) is 19.0 Å². The van der Waals surface area contributed by atoms with Gasteiger partial charge in [-0.2, -0.15) is 0 Å². The van der Waals surface area contributed by atoms with Crippen molar-refractivity contribution in [3.63, 3.8) is 0 Å². The molecule has 1 fully saturated rings. The molecule has 172 valence electrons. The number of halogens is 1. The van der Waals surface area contributed by atoms with Crippen LogP contribution in [0.15, 0.2) is 48.5 Å². The Kier molecular flexibility index (Phi) is 7.34. The smallest absolute Gasteiger partial charge is 0.263 e. The third kappa shape index (κ3) is 6.86. The summed E-state index contributed by atoms with van der Waals surface area (Å²) in [6.07, 6.45) is 3.34. The Bertz CT molecular complexity index is 1110. The van der Waals surface area contributed by atoms with Gasteiger partial charge in [0.05, 0.1) is 10.7 Å². The van der Waals surface area contributed by atoms with Gasteiger partial charge in [-0.05, 0) is 61.6 Å². The lowest BCUT2D eigenvalue weighted by Crippen LogP contribution is -2.30. The number of nitrogens with one attached hydrogen (secondary N) is 2. The molecule has 0 atom stereocenters. The molecule has 2 aromatic carbocycles. The molecule has 2 amide bonds. The van der Waals surface area contributed by atoms with Gasteiger partial charge in [-0.1, -0.05) is 24.3 Å². The second-order valence-corrected chi connectivity index (χ2v) is 9.19. The minimum atomic E-state index is -0.271. The Morgan fingerprint density at radius 3 is 2.48 bits per heavy atom. The van der Waals surface area contributed by atoms with E-state index in [4.69, 9.17) is 4.74 Å². The van der Waals surface area contributed by atoms with Crippen molar-refractivity contribution in [3.8, 4) is 5.75 Å². The number of amides is 2. The van der Waals surface area contributed by atoms with E-state index in [1.165, 1.54) is 23.5 Å². The first-order valence-electron chi connectivity index (χ1n) is 11.0. The predicted octanol–water partition coefficient (Wildman–Crippen LogP) is 3.81. The average Bonchev–Trinajstić information content (AvgIpc) is 3.54. The standard InChI is InChI=1S/C25H26FN3O3S/c1-16-24(33-23(28-16)14-18-2-6-19(26)7-3-18)25(31)27-13-12-17-4-10-21(11-5-17)32-15-22(30)29-20-8-9-20/h2-7,10-11,20H,8-9,12-15H2,1H3,(H,27,31)(H,29,30). The van der Waals surface area contributed by atoms with Crippen molar-refractivity contribution in [1.29, 1.82) is 0 Å². The lowest BCUT2D eigenvalue weighted by atomic mass is 10.1. The normalized spacial score (nSPS) is 12.9. The fraction of sp³-hybridized carbons (Fsp3) is 0.320. The third-order valence-electron chi connectivity index (χ3n) is 5.25. The average molecular weight is 468 g/mol. The maximum atomic E-state index is 13.1. The monoisotopic (exact) mass is 467 g/mol. The Balaban J connectivity index is 1.22. The van der Waals surface area contributed by atoms with Crippen LogP contribution in [0.1, 0.15) is 44.3 Å². The van der Waals surface area contributed by atoms with Gasteiger partial charge in [-0.25, -0.2) is 9.37 Å². The van der Waals surface area contributed by atoms with E-state index in [1.807, 2.05) is 31.2 Å². The molecule has 0 saturated heterocycles. The Hall–Kier alpha value is -3.26. The van der Waals surface area contributed by atoms with Crippen LogP contribution in [-0.4, -0.2) is 36.0 Å². The quantitative estimate of drug-likeness (QED) is 0.475. The number of hydrogen-bond acceptors (Lipinski definition) is 5. The molecule has 1 heterocycles. The fourth-order valence-corrected chi connectivity index (χ4v) is 4.33. The summed E-state index contributed by atoms with van der Waals surface area (Å²) in [6, 6.07) is 14.2. The van der Waals surface area contributed by atoms with Gasteiger partial charge in [-0.15, -0.1) is 11.3 Å². The molecule has 3 aromatic rings. The molecule has 0 unspecified atom stereocenters. The number of ether oxygens (including phenoxy) is 1. The minimum absolute atomic E-state index is 0.0171. The van der Waals surface area contributed by atoms with Crippen LogP contribution >= 0.6 is 11.3 Å². The first-order valence-corrected chi connectivity index (χ1v) is 11.8. The largest absolute Gasteiger partial charge is 0.484 e. The number of carbonyl (C=O) groups excluding carboxylic acids is 2. The zero-order valence-corrected chi connectivity index (χ0v) is 19.2. The van der Waals surface area contributed by atoms with E-state index in [-0.39, 0.29) is 24.2 Å². The van der Waals surface area contributed by atoms with Crippen LogP contribution in [0.5, 0.6) is 5.75 Å². The number of aryl methyl sites for hydroxylation is 1. The van der Waals surface area contributed by atoms with Crippen LogP contribution in [0.4, 0.5) is 4.39 Å². The summed E-state index contributed by atoms with van der Waals surface area (Å²) in [6.45, 7) is 2.33. The van der Waals surface area contributed by atoms with Gasteiger partial charge >= 0.3 is 0 Å².